The van der Waals surface area contributed by atoms with Crippen molar-refractivity contribution in [1.29, 1.82) is 0 Å². The maximum atomic E-state index is 12.2. The fourth-order valence-electron chi connectivity index (χ4n) is 2.01. The molecule has 0 saturated carbocycles. The van der Waals surface area contributed by atoms with Gasteiger partial charge in [-0.2, -0.15) is 0 Å². The minimum atomic E-state index is -1.10. The highest BCUT2D eigenvalue weighted by molar-refractivity contribution is 7.80. The van der Waals surface area contributed by atoms with Crippen LogP contribution in [0, 0.1) is 17.0 Å². The Morgan fingerprint density at radius 3 is 2.46 bits per heavy atom. The molecule has 0 spiro atoms. The molecule has 1 amide bonds. The van der Waals surface area contributed by atoms with Crippen molar-refractivity contribution >= 4 is 52.2 Å². The predicted octanol–water partition coefficient (Wildman–Crippen LogP) is 3.38. The molecule has 0 aliphatic carbocycles. The van der Waals surface area contributed by atoms with Crippen LogP contribution in [0.15, 0.2) is 36.4 Å². The van der Waals surface area contributed by atoms with Gasteiger partial charge in [0.1, 0.15) is 5.02 Å². The summed E-state index contributed by atoms with van der Waals surface area (Å²) in [6.45, 7) is 1.74. The molecule has 0 saturated heterocycles. The molecule has 0 radical (unpaired) electrons. The molecular weight excluding hydrogens is 382 g/mol. The second kappa shape index (κ2) is 7.89. The topological polar surface area (TPSA) is 122 Å². The Hall–Kier alpha value is -3.04. The van der Waals surface area contributed by atoms with E-state index in [0.717, 1.165) is 6.07 Å². The largest absolute Gasteiger partial charge is 0.478 e. The maximum absolute atomic E-state index is 12.2. The first-order valence-electron chi connectivity index (χ1n) is 7.09. The highest BCUT2D eigenvalue weighted by atomic mass is 35.5. The molecule has 0 fully saturated rings. The minimum Gasteiger partial charge on any atom is -0.478 e. The lowest BCUT2D eigenvalue weighted by molar-refractivity contribution is -0.384. The highest BCUT2D eigenvalue weighted by Gasteiger charge is 2.17. The summed E-state index contributed by atoms with van der Waals surface area (Å²) in [5.41, 5.74) is 0.788. The SMILES string of the molecule is Cc1ccc(C(=O)O)cc1NC(=S)NC(=O)c1ccc(Cl)c([N+](=O)[O-])c1. The van der Waals surface area contributed by atoms with Crippen LogP contribution in [-0.4, -0.2) is 27.0 Å². The average molecular weight is 394 g/mol. The first kappa shape index (κ1) is 19.3. The lowest BCUT2D eigenvalue weighted by Crippen LogP contribution is -2.34. The normalized spacial score (nSPS) is 10.1. The van der Waals surface area contributed by atoms with E-state index in [1.54, 1.807) is 13.0 Å². The van der Waals surface area contributed by atoms with Gasteiger partial charge in [0, 0.05) is 17.3 Å². The zero-order chi connectivity index (χ0) is 19.4. The average Bonchev–Trinajstić information content (AvgIpc) is 2.56. The Bertz CT molecular complexity index is 932. The maximum Gasteiger partial charge on any atom is 0.335 e. The number of carbonyl (C=O) groups excluding carboxylic acids is 1. The van der Waals surface area contributed by atoms with Crippen LogP contribution < -0.4 is 10.6 Å². The number of carboxylic acid groups (broad SMARTS) is 1. The Labute approximate surface area is 157 Å². The van der Waals surface area contributed by atoms with Crippen LogP contribution in [0.25, 0.3) is 0 Å². The number of rotatable bonds is 4. The molecule has 2 aromatic carbocycles. The summed E-state index contributed by atoms with van der Waals surface area (Å²) in [4.78, 5) is 33.4. The number of carboxylic acids is 1. The Morgan fingerprint density at radius 2 is 1.85 bits per heavy atom. The van der Waals surface area contributed by atoms with Crippen LogP contribution in [0.2, 0.25) is 5.02 Å². The molecule has 2 aromatic rings. The first-order valence-corrected chi connectivity index (χ1v) is 7.88. The third kappa shape index (κ3) is 4.52. The van der Waals surface area contributed by atoms with Crippen molar-refractivity contribution in [2.45, 2.75) is 6.92 Å². The van der Waals surface area contributed by atoms with Crippen molar-refractivity contribution < 1.29 is 19.6 Å². The molecule has 0 heterocycles. The Morgan fingerprint density at radius 1 is 1.19 bits per heavy atom. The lowest BCUT2D eigenvalue weighted by Gasteiger charge is -2.12. The first-order chi connectivity index (χ1) is 12.2. The second-order valence-corrected chi connectivity index (χ2v) is 5.98. The van der Waals surface area contributed by atoms with Gasteiger partial charge in [-0.15, -0.1) is 0 Å². The summed E-state index contributed by atoms with van der Waals surface area (Å²) in [5, 5.41) is 24.8. The van der Waals surface area contributed by atoms with Gasteiger partial charge < -0.3 is 10.4 Å². The molecule has 26 heavy (non-hydrogen) atoms. The molecule has 0 aliphatic heterocycles. The van der Waals surface area contributed by atoms with Crippen LogP contribution in [0.1, 0.15) is 26.3 Å². The summed E-state index contributed by atoms with van der Waals surface area (Å²) in [6.07, 6.45) is 0. The Balaban J connectivity index is 2.14. The van der Waals surface area contributed by atoms with E-state index in [4.69, 9.17) is 28.9 Å². The number of nitro benzene ring substituents is 1. The van der Waals surface area contributed by atoms with Gasteiger partial charge in [0.05, 0.1) is 10.5 Å². The van der Waals surface area contributed by atoms with E-state index in [1.807, 2.05) is 0 Å². The monoisotopic (exact) mass is 393 g/mol. The number of hydrogen-bond donors (Lipinski definition) is 3. The smallest absolute Gasteiger partial charge is 0.335 e. The molecule has 0 aliphatic rings. The van der Waals surface area contributed by atoms with E-state index in [0.29, 0.717) is 11.3 Å². The van der Waals surface area contributed by atoms with Gasteiger partial charge in [-0.1, -0.05) is 17.7 Å². The molecule has 3 N–H and O–H groups in total. The third-order valence-electron chi connectivity index (χ3n) is 3.36. The molecule has 10 heteroatoms. The minimum absolute atomic E-state index is 0.00117. The number of hydrogen-bond acceptors (Lipinski definition) is 5. The van der Waals surface area contributed by atoms with Crippen molar-refractivity contribution in [2.75, 3.05) is 5.32 Å². The summed E-state index contributed by atoms with van der Waals surface area (Å²) < 4.78 is 0. The molecular formula is C16H12ClN3O5S. The predicted molar refractivity (Wildman–Crippen MR) is 99.9 cm³/mol. The molecule has 0 unspecified atom stereocenters. The lowest BCUT2D eigenvalue weighted by atomic mass is 10.1. The number of anilines is 1. The number of amides is 1. The van der Waals surface area contributed by atoms with Gasteiger partial charge in [0.15, 0.2) is 5.11 Å². The number of halogens is 1. The molecule has 0 atom stereocenters. The second-order valence-electron chi connectivity index (χ2n) is 5.17. The summed E-state index contributed by atoms with van der Waals surface area (Å²) in [6, 6.07) is 8.02. The van der Waals surface area contributed by atoms with Crippen LogP contribution >= 0.6 is 23.8 Å². The van der Waals surface area contributed by atoms with Gasteiger partial charge >= 0.3 is 5.97 Å². The quantitative estimate of drug-likeness (QED) is 0.413. The van der Waals surface area contributed by atoms with Crippen molar-refractivity contribution in [3.8, 4) is 0 Å². The van der Waals surface area contributed by atoms with Crippen molar-refractivity contribution in [2.24, 2.45) is 0 Å². The summed E-state index contributed by atoms with van der Waals surface area (Å²) in [5.74, 6) is -1.77. The van der Waals surface area contributed by atoms with E-state index in [9.17, 15) is 19.7 Å². The number of nitrogens with one attached hydrogen (secondary N) is 2. The van der Waals surface area contributed by atoms with E-state index < -0.39 is 22.5 Å². The number of nitrogens with zero attached hydrogens (tertiary/aromatic N) is 1. The van der Waals surface area contributed by atoms with E-state index >= 15 is 0 Å². The van der Waals surface area contributed by atoms with E-state index in [1.165, 1.54) is 24.3 Å². The van der Waals surface area contributed by atoms with Gasteiger partial charge in [-0.05, 0) is 49.0 Å². The fourth-order valence-corrected chi connectivity index (χ4v) is 2.40. The van der Waals surface area contributed by atoms with E-state index in [2.05, 4.69) is 10.6 Å². The van der Waals surface area contributed by atoms with Crippen LogP contribution in [0.5, 0.6) is 0 Å². The third-order valence-corrected chi connectivity index (χ3v) is 3.89. The van der Waals surface area contributed by atoms with Gasteiger partial charge in [-0.3, -0.25) is 20.2 Å². The zero-order valence-corrected chi connectivity index (χ0v) is 14.9. The van der Waals surface area contributed by atoms with Crippen LogP contribution in [-0.2, 0) is 0 Å². The molecule has 134 valence electrons. The van der Waals surface area contributed by atoms with E-state index in [-0.39, 0.29) is 21.3 Å². The Kier molecular flexibility index (Phi) is 5.86. The van der Waals surface area contributed by atoms with Gasteiger partial charge in [-0.25, -0.2) is 4.79 Å². The molecule has 2 rings (SSSR count). The summed E-state index contributed by atoms with van der Waals surface area (Å²) in [7, 11) is 0. The zero-order valence-electron chi connectivity index (χ0n) is 13.3. The standard InChI is InChI=1S/C16H12ClN3O5S/c1-8-2-3-10(15(22)23)6-12(8)18-16(26)19-14(21)9-4-5-11(17)13(7-9)20(24)25/h2-7H,1H3,(H,22,23)(H2,18,19,21,26). The summed E-state index contributed by atoms with van der Waals surface area (Å²) >= 11 is 10.7. The number of aryl methyl sites for hydroxylation is 1. The van der Waals surface area contributed by atoms with Gasteiger partial charge in [0.25, 0.3) is 11.6 Å². The molecule has 0 bridgehead atoms. The highest BCUT2D eigenvalue weighted by Crippen LogP contribution is 2.25. The fraction of sp³-hybridized carbons (Fsp3) is 0.0625. The van der Waals surface area contributed by atoms with Crippen molar-refractivity contribution in [3.63, 3.8) is 0 Å². The number of nitro groups is 1. The van der Waals surface area contributed by atoms with Crippen molar-refractivity contribution in [3.05, 3.63) is 68.2 Å². The van der Waals surface area contributed by atoms with Crippen LogP contribution in [0.3, 0.4) is 0 Å². The number of aromatic carboxylic acids is 1. The van der Waals surface area contributed by atoms with Crippen LogP contribution in [0.4, 0.5) is 11.4 Å². The number of carbonyl (C=O) groups is 2. The number of benzene rings is 2. The molecule has 8 nitrogen and oxygen atoms in total. The molecule has 0 aromatic heterocycles. The number of thiocarbonyl (C=S) groups is 1. The van der Waals surface area contributed by atoms with Crippen molar-refractivity contribution in [1.82, 2.24) is 5.32 Å². The van der Waals surface area contributed by atoms with Gasteiger partial charge in [0.2, 0.25) is 0 Å².